The molecular formula is C14H19N5O. The largest absolute Gasteiger partial charge is 0.309 e. The number of aromatic amines is 1. The van der Waals surface area contributed by atoms with Crippen LogP contribution in [0.3, 0.4) is 0 Å². The Kier molecular flexibility index (Phi) is 4.47. The molecule has 0 fully saturated rings. The summed E-state index contributed by atoms with van der Waals surface area (Å²) in [6.07, 6.45) is 3.44. The van der Waals surface area contributed by atoms with Crippen LogP contribution in [0.25, 0.3) is 0 Å². The quantitative estimate of drug-likeness (QED) is 0.867. The average molecular weight is 273 g/mol. The molecule has 6 heteroatoms. The van der Waals surface area contributed by atoms with Gasteiger partial charge in [-0.25, -0.2) is 4.98 Å². The fraction of sp³-hybridized carbons (Fsp3) is 0.357. The molecule has 6 nitrogen and oxygen atoms in total. The van der Waals surface area contributed by atoms with E-state index in [1.54, 1.807) is 18.5 Å². The van der Waals surface area contributed by atoms with Crippen LogP contribution in [0.2, 0.25) is 0 Å². The number of rotatable bonds is 5. The molecule has 106 valence electrons. The lowest BCUT2D eigenvalue weighted by Crippen LogP contribution is -2.39. The van der Waals surface area contributed by atoms with Gasteiger partial charge in [0.1, 0.15) is 5.82 Å². The van der Waals surface area contributed by atoms with Crippen molar-refractivity contribution in [2.75, 3.05) is 12.4 Å². The van der Waals surface area contributed by atoms with Crippen molar-refractivity contribution >= 4 is 11.7 Å². The zero-order valence-corrected chi connectivity index (χ0v) is 11.9. The molecule has 0 aliphatic rings. The van der Waals surface area contributed by atoms with Gasteiger partial charge in [-0.1, -0.05) is 6.07 Å². The zero-order chi connectivity index (χ0) is 14.5. The number of likely N-dealkylation sites (N-methyl/N-ethyl adjacent to an activating group) is 1. The number of aromatic nitrogens is 3. The minimum atomic E-state index is -0.258. The summed E-state index contributed by atoms with van der Waals surface area (Å²) < 4.78 is 0. The SMILES string of the molecule is Cc1[nH]ncc1CN(C)[C@@H](C)C(=O)Nc1ccccn1. The molecule has 0 aliphatic heterocycles. The van der Waals surface area contributed by atoms with Crippen molar-refractivity contribution < 1.29 is 4.79 Å². The number of anilines is 1. The lowest BCUT2D eigenvalue weighted by atomic mass is 10.2. The highest BCUT2D eigenvalue weighted by Crippen LogP contribution is 2.10. The monoisotopic (exact) mass is 273 g/mol. The summed E-state index contributed by atoms with van der Waals surface area (Å²) in [6.45, 7) is 4.50. The Morgan fingerprint density at radius 1 is 1.50 bits per heavy atom. The van der Waals surface area contributed by atoms with E-state index in [1.165, 1.54) is 0 Å². The van der Waals surface area contributed by atoms with E-state index in [-0.39, 0.29) is 11.9 Å². The molecule has 0 aliphatic carbocycles. The summed E-state index contributed by atoms with van der Waals surface area (Å²) >= 11 is 0. The van der Waals surface area contributed by atoms with E-state index in [1.807, 2.05) is 37.9 Å². The van der Waals surface area contributed by atoms with Crippen LogP contribution in [0.5, 0.6) is 0 Å². The van der Waals surface area contributed by atoms with Gasteiger partial charge >= 0.3 is 0 Å². The van der Waals surface area contributed by atoms with Crippen LogP contribution in [0.1, 0.15) is 18.2 Å². The number of carbonyl (C=O) groups is 1. The minimum absolute atomic E-state index is 0.0765. The van der Waals surface area contributed by atoms with Gasteiger partial charge in [-0.3, -0.25) is 14.8 Å². The van der Waals surface area contributed by atoms with Crippen LogP contribution in [-0.4, -0.2) is 39.1 Å². The third-order valence-corrected chi connectivity index (χ3v) is 3.31. The van der Waals surface area contributed by atoms with Crippen molar-refractivity contribution in [2.24, 2.45) is 0 Å². The highest BCUT2D eigenvalue weighted by Gasteiger charge is 2.19. The molecule has 0 spiro atoms. The first kappa shape index (κ1) is 14.2. The molecule has 2 aromatic heterocycles. The number of nitrogens with one attached hydrogen (secondary N) is 2. The Hall–Kier alpha value is -2.21. The standard InChI is InChI=1S/C14H19N5O/c1-10-12(8-16-18-10)9-19(3)11(2)14(20)17-13-6-4-5-7-15-13/h4-8,11H,9H2,1-3H3,(H,16,18)(H,15,17,20)/t11-/m0/s1. The lowest BCUT2D eigenvalue weighted by molar-refractivity contribution is -0.120. The van der Waals surface area contributed by atoms with E-state index < -0.39 is 0 Å². The van der Waals surface area contributed by atoms with Crippen LogP contribution in [-0.2, 0) is 11.3 Å². The number of nitrogens with zero attached hydrogens (tertiary/aromatic N) is 3. The number of hydrogen-bond acceptors (Lipinski definition) is 4. The van der Waals surface area contributed by atoms with Gasteiger partial charge in [-0.15, -0.1) is 0 Å². The summed E-state index contributed by atoms with van der Waals surface area (Å²) in [7, 11) is 1.91. The van der Waals surface area contributed by atoms with Crippen LogP contribution in [0.15, 0.2) is 30.6 Å². The van der Waals surface area contributed by atoms with E-state index in [0.717, 1.165) is 11.3 Å². The summed E-state index contributed by atoms with van der Waals surface area (Å²) in [6, 6.07) is 5.16. The number of H-pyrrole nitrogens is 1. The summed E-state index contributed by atoms with van der Waals surface area (Å²) in [5.41, 5.74) is 2.11. The molecule has 0 aromatic carbocycles. The van der Waals surface area contributed by atoms with Crippen molar-refractivity contribution in [3.8, 4) is 0 Å². The fourth-order valence-corrected chi connectivity index (χ4v) is 1.81. The maximum Gasteiger partial charge on any atom is 0.242 e. The predicted molar refractivity (Wildman–Crippen MR) is 77.1 cm³/mol. The summed E-state index contributed by atoms with van der Waals surface area (Å²) in [5.74, 6) is 0.490. The first-order valence-electron chi connectivity index (χ1n) is 6.49. The second-order valence-electron chi connectivity index (χ2n) is 4.82. The van der Waals surface area contributed by atoms with Crippen molar-refractivity contribution in [1.29, 1.82) is 0 Å². The van der Waals surface area contributed by atoms with Crippen LogP contribution in [0.4, 0.5) is 5.82 Å². The van der Waals surface area contributed by atoms with E-state index in [2.05, 4.69) is 20.5 Å². The van der Waals surface area contributed by atoms with Crippen molar-refractivity contribution in [3.05, 3.63) is 41.9 Å². The van der Waals surface area contributed by atoms with Gasteiger partial charge < -0.3 is 5.32 Å². The minimum Gasteiger partial charge on any atom is -0.309 e. The normalized spacial score (nSPS) is 12.4. The molecule has 0 radical (unpaired) electrons. The number of amides is 1. The Balaban J connectivity index is 1.94. The molecular weight excluding hydrogens is 254 g/mol. The zero-order valence-electron chi connectivity index (χ0n) is 11.9. The molecule has 0 bridgehead atoms. The van der Waals surface area contributed by atoms with Gasteiger partial charge in [0.05, 0.1) is 12.2 Å². The second kappa shape index (κ2) is 6.29. The Labute approximate surface area is 118 Å². The van der Waals surface area contributed by atoms with Crippen LogP contribution in [0, 0.1) is 6.92 Å². The van der Waals surface area contributed by atoms with E-state index in [4.69, 9.17) is 0 Å². The topological polar surface area (TPSA) is 73.9 Å². The highest BCUT2D eigenvalue weighted by molar-refractivity contribution is 5.93. The van der Waals surface area contributed by atoms with Gasteiger partial charge in [0.15, 0.2) is 0 Å². The lowest BCUT2D eigenvalue weighted by Gasteiger charge is -2.23. The van der Waals surface area contributed by atoms with E-state index >= 15 is 0 Å². The van der Waals surface area contributed by atoms with Gasteiger partial charge in [0.2, 0.25) is 5.91 Å². The van der Waals surface area contributed by atoms with Crippen LogP contribution >= 0.6 is 0 Å². The van der Waals surface area contributed by atoms with Crippen molar-refractivity contribution in [3.63, 3.8) is 0 Å². The summed E-state index contributed by atoms with van der Waals surface area (Å²) in [5, 5.41) is 9.68. The molecule has 2 aromatic rings. The number of aryl methyl sites for hydroxylation is 1. The molecule has 20 heavy (non-hydrogen) atoms. The number of carbonyl (C=O) groups excluding carboxylic acids is 1. The predicted octanol–water partition coefficient (Wildman–Crippen LogP) is 1.57. The molecule has 0 saturated heterocycles. The van der Waals surface area contributed by atoms with E-state index in [9.17, 15) is 4.79 Å². The maximum atomic E-state index is 12.2. The van der Waals surface area contributed by atoms with Crippen molar-refractivity contribution in [1.82, 2.24) is 20.1 Å². The Bertz CT molecular complexity index is 566. The molecule has 1 atom stereocenters. The molecule has 2 rings (SSSR count). The third-order valence-electron chi connectivity index (χ3n) is 3.31. The molecule has 2 heterocycles. The van der Waals surface area contributed by atoms with Crippen molar-refractivity contribution in [2.45, 2.75) is 26.4 Å². The van der Waals surface area contributed by atoms with Gasteiger partial charge in [0.25, 0.3) is 0 Å². The number of hydrogen-bond donors (Lipinski definition) is 2. The molecule has 0 saturated carbocycles. The number of pyridine rings is 1. The summed E-state index contributed by atoms with van der Waals surface area (Å²) in [4.78, 5) is 18.2. The molecule has 0 unspecified atom stereocenters. The van der Waals surface area contributed by atoms with Crippen LogP contribution < -0.4 is 5.32 Å². The second-order valence-corrected chi connectivity index (χ2v) is 4.82. The molecule has 1 amide bonds. The third kappa shape index (κ3) is 3.42. The van der Waals surface area contributed by atoms with Gasteiger partial charge in [-0.2, -0.15) is 5.10 Å². The Morgan fingerprint density at radius 3 is 2.90 bits per heavy atom. The fourth-order valence-electron chi connectivity index (χ4n) is 1.81. The molecule has 2 N–H and O–H groups in total. The smallest absolute Gasteiger partial charge is 0.242 e. The first-order chi connectivity index (χ1) is 9.58. The van der Waals surface area contributed by atoms with Gasteiger partial charge in [0, 0.05) is 24.0 Å². The maximum absolute atomic E-state index is 12.2. The average Bonchev–Trinajstić information content (AvgIpc) is 2.84. The highest BCUT2D eigenvalue weighted by atomic mass is 16.2. The Morgan fingerprint density at radius 2 is 2.30 bits per heavy atom. The van der Waals surface area contributed by atoms with E-state index in [0.29, 0.717) is 12.4 Å². The first-order valence-corrected chi connectivity index (χ1v) is 6.49. The van der Waals surface area contributed by atoms with Gasteiger partial charge in [-0.05, 0) is 33.0 Å².